The van der Waals surface area contributed by atoms with Gasteiger partial charge in [0.15, 0.2) is 0 Å². The van der Waals surface area contributed by atoms with Crippen LogP contribution in [0.5, 0.6) is 0 Å². The molecule has 10 heteroatoms. The minimum Gasteiger partial charge on any atom is -1.00 e. The Kier molecular flexibility index (Phi) is 61.3. The number of nitrogens with two attached hydrogens (primary N) is 2. The monoisotopic (exact) mass is 208 g/mol. The van der Waals surface area contributed by atoms with Gasteiger partial charge in [0.2, 0.25) is 0 Å². The van der Waals surface area contributed by atoms with E-state index in [1.807, 2.05) is 0 Å². The molecule has 0 unspecified atom stereocenters. The fourth-order valence-corrected chi connectivity index (χ4v) is 0. The van der Waals surface area contributed by atoms with Crippen molar-refractivity contribution < 1.29 is 20.8 Å². The minimum atomic E-state index is -1.50. The number of rotatable bonds is 0. The van der Waals surface area contributed by atoms with Crippen molar-refractivity contribution in [1.82, 2.24) is 6.15 Å². The summed E-state index contributed by atoms with van der Waals surface area (Å²) in [7, 11) is 0. The standard InChI is InChI=1S/CH4N2O.Ca.Mg.HNO3.H3N.4H/c2-1(3)4;;;2-1(3)4;;;;;/h(H4,2,3,4);;;(H,2,3,4);1H3;;;;/q;2*+2;;;4*-1. The van der Waals surface area contributed by atoms with Gasteiger partial charge in [-0.15, -0.1) is 10.1 Å². The second kappa shape index (κ2) is 22.4. The van der Waals surface area contributed by atoms with Crippen molar-refractivity contribution >= 4 is 66.8 Å². The Morgan fingerprint density at radius 2 is 1.55 bits per heavy atom. The average molecular weight is 209 g/mol. The minimum absolute atomic E-state index is 0. The van der Waals surface area contributed by atoms with Crippen molar-refractivity contribution in [1.29, 1.82) is 0 Å². The molecule has 11 heavy (non-hydrogen) atoms. The Labute approximate surface area is 114 Å². The van der Waals surface area contributed by atoms with Gasteiger partial charge in [0.1, 0.15) is 0 Å². The second-order valence-corrected chi connectivity index (χ2v) is 0.640. The van der Waals surface area contributed by atoms with Gasteiger partial charge < -0.3 is 28.5 Å². The summed E-state index contributed by atoms with van der Waals surface area (Å²) in [6, 6.07) is -0.833. The van der Waals surface area contributed by atoms with E-state index in [0.29, 0.717) is 0 Å². The van der Waals surface area contributed by atoms with E-state index < -0.39 is 11.1 Å². The maximum atomic E-state index is 9.00. The van der Waals surface area contributed by atoms with Gasteiger partial charge in [0, 0.05) is 0 Å². The maximum absolute atomic E-state index is 9.00. The molecule has 0 rings (SSSR count). The van der Waals surface area contributed by atoms with Gasteiger partial charge in [-0.2, -0.15) is 0 Å². The SMILES string of the molecule is N.NC(N)=O.O=[N+]([O-])O.[Ca+2].[H-].[H-].[H-].[H-].[Mg+2]. The quantitative estimate of drug-likeness (QED) is 0.216. The molecule has 8 nitrogen and oxygen atoms in total. The summed E-state index contributed by atoms with van der Waals surface area (Å²) < 4.78 is 0. The van der Waals surface area contributed by atoms with E-state index in [1.54, 1.807) is 0 Å². The van der Waals surface area contributed by atoms with Crippen molar-refractivity contribution in [2.75, 3.05) is 0 Å². The van der Waals surface area contributed by atoms with Crippen LogP contribution < -0.4 is 17.6 Å². The van der Waals surface area contributed by atoms with Crippen LogP contribution in [0.4, 0.5) is 4.79 Å². The molecule has 0 saturated carbocycles. The smallest absolute Gasteiger partial charge is 1.00 e. The Balaban J connectivity index is -0.00000000468. The molecule has 2 amide bonds. The summed E-state index contributed by atoms with van der Waals surface area (Å²) in [5.74, 6) is 0. The van der Waals surface area contributed by atoms with Crippen molar-refractivity contribution in [3.63, 3.8) is 0 Å². The van der Waals surface area contributed by atoms with E-state index >= 15 is 0 Å². The number of carbonyl (C=O) groups is 1. The van der Waals surface area contributed by atoms with Gasteiger partial charge in [0.05, 0.1) is 0 Å². The molecule has 0 radical (unpaired) electrons. The fourth-order valence-electron chi connectivity index (χ4n) is 0. The molecule has 0 aromatic rings. The van der Waals surface area contributed by atoms with Crippen LogP contribution in [0.15, 0.2) is 0 Å². The fraction of sp³-hybridized carbons (Fsp3) is 0. The number of urea groups is 1. The Bertz CT molecular complexity index is 92.6. The Morgan fingerprint density at radius 1 is 1.55 bits per heavy atom. The Hall–Kier alpha value is 0.456. The third-order valence-electron chi connectivity index (χ3n) is 0. The largest absolute Gasteiger partial charge is 2.00 e. The molecule has 0 bridgehead atoms. The molecule has 8 N–H and O–H groups in total. The van der Waals surface area contributed by atoms with Gasteiger partial charge in [-0.05, 0) is 0 Å². The zero-order valence-electron chi connectivity index (χ0n) is 9.90. The van der Waals surface area contributed by atoms with E-state index in [0.717, 1.165) is 0 Å². The molecule has 0 spiro atoms. The molecule has 0 saturated heterocycles. The molecule has 0 aliphatic carbocycles. The molecule has 0 atom stereocenters. The number of hydrogen-bond acceptors (Lipinski definition) is 4. The Morgan fingerprint density at radius 3 is 1.55 bits per heavy atom. The summed E-state index contributed by atoms with van der Waals surface area (Å²) in [5, 5.41) is 13.6. The third-order valence-corrected chi connectivity index (χ3v) is 0. The van der Waals surface area contributed by atoms with E-state index in [1.165, 1.54) is 0 Å². The van der Waals surface area contributed by atoms with Crippen LogP contribution in [-0.4, -0.2) is 77.1 Å². The normalized spacial score (nSPS) is 4.36. The first-order chi connectivity index (χ1) is 3.46. The predicted octanol–water partition coefficient (Wildman–Crippen LogP) is -1.47. The van der Waals surface area contributed by atoms with E-state index in [-0.39, 0.29) is 72.6 Å². The number of carbonyl (C=O) groups excluding carboxylic acids is 1. The van der Waals surface area contributed by atoms with Crippen molar-refractivity contribution in [2.45, 2.75) is 0 Å². The average Bonchev–Trinajstić information content (AvgIpc) is 1.25. The van der Waals surface area contributed by atoms with Crippen LogP contribution in [-0.2, 0) is 0 Å². The molecule has 0 aromatic carbocycles. The number of amides is 2. The first-order valence-corrected chi connectivity index (χ1v) is 1.35. The summed E-state index contributed by atoms with van der Waals surface area (Å²) >= 11 is 0. The topological polar surface area (TPSA) is 167 Å². The second-order valence-electron chi connectivity index (χ2n) is 0.640. The van der Waals surface area contributed by atoms with Crippen molar-refractivity contribution in [3.05, 3.63) is 10.1 Å². The molecule has 0 aliphatic rings. The maximum Gasteiger partial charge on any atom is 2.00 e. The van der Waals surface area contributed by atoms with Gasteiger partial charge in [-0.25, -0.2) is 4.79 Å². The number of hydrogen-bond donors (Lipinski definition) is 4. The summed E-state index contributed by atoms with van der Waals surface area (Å²) in [5.41, 5.74) is 8.50. The first kappa shape index (κ1) is 30.0. The first-order valence-electron chi connectivity index (χ1n) is 1.35. The van der Waals surface area contributed by atoms with Crippen LogP contribution in [0, 0.1) is 10.1 Å². The van der Waals surface area contributed by atoms with E-state index in [4.69, 9.17) is 20.1 Å². The van der Waals surface area contributed by atoms with Crippen molar-refractivity contribution in [3.8, 4) is 0 Å². The summed E-state index contributed by atoms with van der Waals surface area (Å²) in [6.45, 7) is 0. The molecular weight excluding hydrogens is 196 g/mol. The number of primary amides is 2. The van der Waals surface area contributed by atoms with Crippen LogP contribution in [0.1, 0.15) is 5.71 Å². The van der Waals surface area contributed by atoms with Gasteiger partial charge in [0.25, 0.3) is 5.09 Å². The molecule has 0 heterocycles. The number of nitrogens with zero attached hydrogens (tertiary/aromatic N) is 1. The van der Waals surface area contributed by atoms with Crippen LogP contribution in [0.3, 0.4) is 0 Å². The summed E-state index contributed by atoms with van der Waals surface area (Å²) in [6.07, 6.45) is 0. The predicted molar refractivity (Wildman–Crippen MR) is 43.5 cm³/mol. The van der Waals surface area contributed by atoms with E-state index in [2.05, 4.69) is 11.5 Å². The van der Waals surface area contributed by atoms with Gasteiger partial charge in [-0.1, -0.05) is 0 Å². The zero-order chi connectivity index (χ0) is 7.15. The van der Waals surface area contributed by atoms with Crippen molar-refractivity contribution in [2.24, 2.45) is 11.5 Å². The molecular formula is CH12CaMgN4O4. The molecule has 64 valence electrons. The van der Waals surface area contributed by atoms with E-state index in [9.17, 15) is 0 Å². The van der Waals surface area contributed by atoms with Gasteiger partial charge in [-0.3, -0.25) is 0 Å². The van der Waals surface area contributed by atoms with Crippen LogP contribution in [0.25, 0.3) is 0 Å². The third kappa shape index (κ3) is 3600. The molecule has 0 fully saturated rings. The summed E-state index contributed by atoms with van der Waals surface area (Å²) in [4.78, 5) is 17.4. The molecule has 0 aromatic heterocycles. The van der Waals surface area contributed by atoms with Gasteiger partial charge >= 0.3 is 66.8 Å². The zero-order valence-corrected chi connectivity index (χ0v) is 9.52. The van der Waals surface area contributed by atoms with Crippen LogP contribution in [0.2, 0.25) is 0 Å². The molecule has 0 aliphatic heterocycles. The van der Waals surface area contributed by atoms with Crippen LogP contribution >= 0.6 is 0 Å².